The summed E-state index contributed by atoms with van der Waals surface area (Å²) in [5.41, 5.74) is 5.04. The van der Waals surface area contributed by atoms with Crippen LogP contribution in [0.25, 0.3) is 22.4 Å². The minimum absolute atomic E-state index is 0.256. The highest BCUT2D eigenvalue weighted by atomic mass is 14.2. The van der Waals surface area contributed by atoms with Crippen LogP contribution in [0.1, 0.15) is 22.6 Å². The van der Waals surface area contributed by atoms with Gasteiger partial charge in [-0.3, -0.25) is 0 Å². The van der Waals surface area contributed by atoms with Gasteiger partial charge in [-0.05, 0) is 33.0 Å². The van der Waals surface area contributed by atoms with Crippen molar-refractivity contribution in [3.8, 4) is 0 Å². The van der Waals surface area contributed by atoms with Gasteiger partial charge in [0.1, 0.15) is 0 Å². The van der Waals surface area contributed by atoms with Gasteiger partial charge < -0.3 is 0 Å². The second kappa shape index (κ2) is 4.75. The highest BCUT2D eigenvalue weighted by Gasteiger charge is 2.20. The van der Waals surface area contributed by atoms with E-state index in [9.17, 15) is 0 Å². The van der Waals surface area contributed by atoms with Crippen LogP contribution in [-0.2, 0) is 0 Å². The topological polar surface area (TPSA) is 0 Å². The molecule has 3 aromatic carbocycles. The molecule has 0 heterocycles. The molecule has 0 amide bonds. The predicted molar refractivity (Wildman–Crippen MR) is 91.2 cm³/mol. The van der Waals surface area contributed by atoms with E-state index in [0.717, 1.165) is 5.57 Å². The zero-order chi connectivity index (χ0) is 14.2. The Bertz CT molecular complexity index is 848. The van der Waals surface area contributed by atoms with Crippen LogP contribution in [-0.4, -0.2) is 0 Å². The summed E-state index contributed by atoms with van der Waals surface area (Å²) in [6.07, 6.45) is 4.50. The van der Waals surface area contributed by atoms with Gasteiger partial charge in [-0.15, -0.1) is 0 Å². The molecule has 100 valence electrons. The standard InChI is InChI=1S/C21H16/c1-15(16-7-3-2-4-8-16)19-14-13-18-10-5-9-17-11-6-12-20(19)21(17)18/h2-14,19H,1H2. The van der Waals surface area contributed by atoms with Crippen molar-refractivity contribution >= 4 is 22.4 Å². The van der Waals surface area contributed by atoms with E-state index in [-0.39, 0.29) is 5.92 Å². The molecule has 0 radical (unpaired) electrons. The monoisotopic (exact) mass is 268 g/mol. The normalized spacial score (nSPS) is 16.1. The maximum Gasteiger partial charge on any atom is 0.0279 e. The number of allylic oxidation sites excluding steroid dienone is 2. The molecule has 0 bridgehead atoms. The molecule has 0 spiro atoms. The van der Waals surface area contributed by atoms with Gasteiger partial charge in [-0.25, -0.2) is 0 Å². The van der Waals surface area contributed by atoms with Crippen molar-refractivity contribution in [3.05, 3.63) is 96.1 Å². The Labute approximate surface area is 125 Å². The van der Waals surface area contributed by atoms with E-state index in [4.69, 9.17) is 0 Å². The summed E-state index contributed by atoms with van der Waals surface area (Å²) in [7, 11) is 0. The number of hydrogen-bond donors (Lipinski definition) is 0. The molecular formula is C21H16. The van der Waals surface area contributed by atoms with Crippen molar-refractivity contribution in [1.82, 2.24) is 0 Å². The zero-order valence-corrected chi connectivity index (χ0v) is 11.8. The first kappa shape index (κ1) is 12.2. The maximum absolute atomic E-state index is 4.36. The molecule has 0 aromatic heterocycles. The average Bonchev–Trinajstić information content (AvgIpc) is 2.56. The molecule has 0 saturated heterocycles. The Hall–Kier alpha value is -2.60. The van der Waals surface area contributed by atoms with E-state index in [2.05, 4.69) is 79.4 Å². The van der Waals surface area contributed by atoms with Gasteiger partial charge in [0.2, 0.25) is 0 Å². The van der Waals surface area contributed by atoms with Crippen molar-refractivity contribution in [2.24, 2.45) is 0 Å². The van der Waals surface area contributed by atoms with Crippen LogP contribution < -0.4 is 0 Å². The summed E-state index contributed by atoms with van der Waals surface area (Å²) >= 11 is 0. The van der Waals surface area contributed by atoms with E-state index in [1.807, 2.05) is 6.07 Å². The smallest absolute Gasteiger partial charge is 0.0279 e. The number of hydrogen-bond acceptors (Lipinski definition) is 0. The number of rotatable bonds is 2. The first-order chi connectivity index (χ1) is 10.3. The second-order valence-electron chi connectivity index (χ2n) is 5.52. The molecule has 1 unspecified atom stereocenters. The van der Waals surface area contributed by atoms with Crippen LogP contribution in [0, 0.1) is 0 Å². The van der Waals surface area contributed by atoms with Crippen LogP contribution in [0.5, 0.6) is 0 Å². The van der Waals surface area contributed by atoms with Gasteiger partial charge in [0, 0.05) is 5.92 Å². The molecule has 0 aliphatic heterocycles. The van der Waals surface area contributed by atoms with Gasteiger partial charge >= 0.3 is 0 Å². The Balaban J connectivity index is 1.89. The summed E-state index contributed by atoms with van der Waals surface area (Å²) in [5, 5.41) is 2.67. The summed E-state index contributed by atoms with van der Waals surface area (Å²) < 4.78 is 0. The van der Waals surface area contributed by atoms with Crippen molar-refractivity contribution in [3.63, 3.8) is 0 Å². The molecule has 4 rings (SSSR count). The van der Waals surface area contributed by atoms with Crippen LogP contribution >= 0.6 is 0 Å². The third kappa shape index (κ3) is 1.92. The third-order valence-corrected chi connectivity index (χ3v) is 4.29. The zero-order valence-electron chi connectivity index (χ0n) is 11.8. The van der Waals surface area contributed by atoms with E-state index < -0.39 is 0 Å². The van der Waals surface area contributed by atoms with Gasteiger partial charge in [-0.1, -0.05) is 85.5 Å². The van der Waals surface area contributed by atoms with Crippen molar-refractivity contribution in [2.45, 2.75) is 5.92 Å². The fourth-order valence-electron chi connectivity index (χ4n) is 3.24. The average molecular weight is 268 g/mol. The predicted octanol–water partition coefficient (Wildman–Crippen LogP) is 5.66. The lowest BCUT2D eigenvalue weighted by Gasteiger charge is -2.23. The summed E-state index contributed by atoms with van der Waals surface area (Å²) in [4.78, 5) is 0. The largest absolute Gasteiger partial charge is 0.0943 e. The summed E-state index contributed by atoms with van der Waals surface area (Å²) in [5.74, 6) is 0.256. The lowest BCUT2D eigenvalue weighted by molar-refractivity contribution is 1.12. The molecule has 0 nitrogen and oxygen atoms in total. The van der Waals surface area contributed by atoms with Crippen molar-refractivity contribution in [1.29, 1.82) is 0 Å². The van der Waals surface area contributed by atoms with Crippen molar-refractivity contribution < 1.29 is 0 Å². The fraction of sp³-hybridized carbons (Fsp3) is 0.0476. The third-order valence-electron chi connectivity index (χ3n) is 4.29. The van der Waals surface area contributed by atoms with E-state index in [1.165, 1.54) is 27.5 Å². The first-order valence-electron chi connectivity index (χ1n) is 7.28. The second-order valence-corrected chi connectivity index (χ2v) is 5.52. The molecule has 0 fully saturated rings. The van der Waals surface area contributed by atoms with E-state index in [1.54, 1.807) is 0 Å². The Kier molecular flexibility index (Phi) is 2.75. The first-order valence-corrected chi connectivity index (χ1v) is 7.28. The minimum Gasteiger partial charge on any atom is -0.0943 e. The molecule has 1 aliphatic carbocycles. The van der Waals surface area contributed by atoms with E-state index >= 15 is 0 Å². The van der Waals surface area contributed by atoms with Gasteiger partial charge in [0.05, 0.1) is 0 Å². The SMILES string of the molecule is C=C(c1ccccc1)C1C=Cc2cccc3cccc1c23. The molecule has 1 aliphatic rings. The van der Waals surface area contributed by atoms with Crippen LogP contribution in [0.15, 0.2) is 79.4 Å². The number of benzene rings is 3. The van der Waals surface area contributed by atoms with Gasteiger partial charge in [0.25, 0.3) is 0 Å². The lowest BCUT2D eigenvalue weighted by Crippen LogP contribution is -2.03. The lowest BCUT2D eigenvalue weighted by atomic mass is 9.80. The van der Waals surface area contributed by atoms with Gasteiger partial charge in [0.15, 0.2) is 0 Å². The quantitative estimate of drug-likeness (QED) is 0.562. The van der Waals surface area contributed by atoms with Gasteiger partial charge in [-0.2, -0.15) is 0 Å². The highest BCUT2D eigenvalue weighted by Crippen LogP contribution is 2.40. The Morgan fingerprint density at radius 2 is 1.57 bits per heavy atom. The molecule has 21 heavy (non-hydrogen) atoms. The highest BCUT2D eigenvalue weighted by molar-refractivity contribution is 5.98. The molecule has 1 atom stereocenters. The molecule has 0 heteroatoms. The summed E-state index contributed by atoms with van der Waals surface area (Å²) in [6, 6.07) is 23.5. The van der Waals surface area contributed by atoms with Crippen LogP contribution in [0.3, 0.4) is 0 Å². The summed E-state index contributed by atoms with van der Waals surface area (Å²) in [6.45, 7) is 4.36. The minimum atomic E-state index is 0.256. The van der Waals surface area contributed by atoms with E-state index in [0.29, 0.717) is 0 Å². The van der Waals surface area contributed by atoms with Crippen LogP contribution in [0.2, 0.25) is 0 Å². The molecule has 3 aromatic rings. The van der Waals surface area contributed by atoms with Crippen molar-refractivity contribution in [2.75, 3.05) is 0 Å². The Morgan fingerprint density at radius 3 is 2.38 bits per heavy atom. The van der Waals surface area contributed by atoms with Crippen LogP contribution in [0.4, 0.5) is 0 Å². The molecule has 0 N–H and O–H groups in total. The molecular weight excluding hydrogens is 252 g/mol. The Morgan fingerprint density at radius 1 is 0.810 bits per heavy atom. The maximum atomic E-state index is 4.36. The molecule has 0 saturated carbocycles. The fourth-order valence-corrected chi connectivity index (χ4v) is 3.24.